The molecule has 1 saturated heterocycles. The Kier molecular flexibility index (Phi) is 7.21. The quantitative estimate of drug-likeness (QED) is 0.540. The van der Waals surface area contributed by atoms with Gasteiger partial charge < -0.3 is 16.0 Å². The van der Waals surface area contributed by atoms with Crippen LogP contribution in [0.4, 0.5) is 0 Å². The summed E-state index contributed by atoms with van der Waals surface area (Å²) >= 11 is 0. The Hall–Kier alpha value is -0.610. The molecule has 0 aromatic heterocycles. The third-order valence-electron chi connectivity index (χ3n) is 2.62. The van der Waals surface area contributed by atoms with Gasteiger partial charge in [0.1, 0.15) is 0 Å². The first-order valence-corrected chi connectivity index (χ1v) is 6.08. The predicted molar refractivity (Wildman–Crippen MR) is 61.8 cm³/mol. The monoisotopic (exact) mass is 213 g/mol. The molecule has 0 saturated carbocycles. The minimum absolute atomic E-state index is 0.105. The summed E-state index contributed by atoms with van der Waals surface area (Å²) in [5, 5.41) is 9.35. The molecule has 0 radical (unpaired) electrons. The van der Waals surface area contributed by atoms with Gasteiger partial charge in [-0.25, -0.2) is 0 Å². The van der Waals surface area contributed by atoms with Gasteiger partial charge >= 0.3 is 0 Å². The summed E-state index contributed by atoms with van der Waals surface area (Å²) in [5.41, 5.74) is 0. The zero-order valence-corrected chi connectivity index (χ0v) is 9.48. The summed E-state index contributed by atoms with van der Waals surface area (Å²) in [5.74, 6) is 0.105. The maximum Gasteiger partial charge on any atom is 0.234 e. The van der Waals surface area contributed by atoms with Crippen LogP contribution in [-0.4, -0.2) is 38.6 Å². The minimum atomic E-state index is 0.105. The Morgan fingerprint density at radius 3 is 2.20 bits per heavy atom. The highest BCUT2D eigenvalue weighted by Crippen LogP contribution is 2.01. The van der Waals surface area contributed by atoms with Crippen molar-refractivity contribution in [2.45, 2.75) is 32.1 Å². The topological polar surface area (TPSA) is 53.2 Å². The van der Waals surface area contributed by atoms with E-state index in [1.807, 2.05) is 0 Å². The molecule has 0 aromatic carbocycles. The lowest BCUT2D eigenvalue weighted by Crippen LogP contribution is -2.38. The first-order chi connectivity index (χ1) is 7.39. The summed E-state index contributed by atoms with van der Waals surface area (Å²) in [4.78, 5) is 11.3. The van der Waals surface area contributed by atoms with Gasteiger partial charge in [-0.3, -0.25) is 4.79 Å². The molecule has 1 amide bonds. The highest BCUT2D eigenvalue weighted by atomic mass is 16.1. The van der Waals surface area contributed by atoms with Crippen LogP contribution in [0.2, 0.25) is 0 Å². The number of rotatable bonds is 0. The van der Waals surface area contributed by atoms with Crippen molar-refractivity contribution in [2.75, 3.05) is 32.7 Å². The Bertz CT molecular complexity index is 157. The maximum atomic E-state index is 11.3. The van der Waals surface area contributed by atoms with Gasteiger partial charge in [-0.1, -0.05) is 19.3 Å². The lowest BCUT2D eigenvalue weighted by Gasteiger charge is -2.09. The van der Waals surface area contributed by atoms with Gasteiger partial charge in [0.05, 0.1) is 6.54 Å². The van der Waals surface area contributed by atoms with Crippen molar-refractivity contribution in [3.63, 3.8) is 0 Å². The van der Waals surface area contributed by atoms with Crippen molar-refractivity contribution < 1.29 is 4.79 Å². The molecule has 3 N–H and O–H groups in total. The van der Waals surface area contributed by atoms with E-state index in [9.17, 15) is 4.79 Å². The van der Waals surface area contributed by atoms with Gasteiger partial charge in [-0.05, 0) is 25.9 Å². The maximum absolute atomic E-state index is 11.3. The van der Waals surface area contributed by atoms with Gasteiger partial charge in [-0.2, -0.15) is 0 Å². The number of carbonyl (C=O) groups excluding carboxylic acids is 1. The normalized spacial score (nSPS) is 22.8. The molecule has 0 bridgehead atoms. The van der Waals surface area contributed by atoms with Crippen LogP contribution in [0.15, 0.2) is 0 Å². The number of hydrogen-bond acceptors (Lipinski definition) is 3. The number of amides is 1. The third-order valence-corrected chi connectivity index (χ3v) is 2.62. The molecule has 1 aliphatic rings. The molecule has 0 atom stereocenters. The fraction of sp³-hybridized carbons (Fsp3) is 0.909. The van der Waals surface area contributed by atoms with E-state index in [2.05, 4.69) is 16.0 Å². The minimum Gasteiger partial charge on any atom is -0.354 e. The molecular formula is C11H23N3O. The van der Waals surface area contributed by atoms with Gasteiger partial charge in [0, 0.05) is 13.1 Å². The Morgan fingerprint density at radius 2 is 1.40 bits per heavy atom. The number of nitrogens with one attached hydrogen (secondary N) is 3. The van der Waals surface area contributed by atoms with Crippen molar-refractivity contribution in [3.05, 3.63) is 0 Å². The van der Waals surface area contributed by atoms with Crippen LogP contribution < -0.4 is 16.0 Å². The molecule has 4 heteroatoms. The van der Waals surface area contributed by atoms with Crippen LogP contribution in [0, 0.1) is 0 Å². The molecular weight excluding hydrogens is 190 g/mol. The van der Waals surface area contributed by atoms with Gasteiger partial charge in [0.2, 0.25) is 5.91 Å². The summed E-state index contributed by atoms with van der Waals surface area (Å²) in [6.45, 7) is 4.12. The highest BCUT2D eigenvalue weighted by Gasteiger charge is 2.00. The van der Waals surface area contributed by atoms with Gasteiger partial charge in [-0.15, -0.1) is 0 Å². The molecule has 1 aliphatic heterocycles. The largest absolute Gasteiger partial charge is 0.354 e. The smallest absolute Gasteiger partial charge is 0.234 e. The zero-order valence-electron chi connectivity index (χ0n) is 9.48. The van der Waals surface area contributed by atoms with Crippen molar-refractivity contribution in [2.24, 2.45) is 0 Å². The van der Waals surface area contributed by atoms with E-state index in [1.54, 1.807) is 0 Å². The molecule has 0 aromatic rings. The highest BCUT2D eigenvalue weighted by molar-refractivity contribution is 5.77. The summed E-state index contributed by atoms with van der Waals surface area (Å²) in [6, 6.07) is 0. The van der Waals surface area contributed by atoms with E-state index in [0.717, 1.165) is 26.2 Å². The molecule has 4 nitrogen and oxygen atoms in total. The molecule has 1 rings (SSSR count). The third kappa shape index (κ3) is 7.33. The molecule has 1 fully saturated rings. The van der Waals surface area contributed by atoms with Crippen LogP contribution in [0.25, 0.3) is 0 Å². The van der Waals surface area contributed by atoms with Gasteiger partial charge in [0.15, 0.2) is 0 Å². The second-order valence-electron chi connectivity index (χ2n) is 4.04. The summed E-state index contributed by atoms with van der Waals surface area (Å²) in [6.07, 6.45) is 6.34. The van der Waals surface area contributed by atoms with E-state index in [1.165, 1.54) is 32.1 Å². The Balaban J connectivity index is 2.13. The van der Waals surface area contributed by atoms with Crippen molar-refractivity contribution in [1.82, 2.24) is 16.0 Å². The van der Waals surface area contributed by atoms with Crippen molar-refractivity contribution in [1.29, 1.82) is 0 Å². The van der Waals surface area contributed by atoms with Crippen molar-refractivity contribution in [3.8, 4) is 0 Å². The second kappa shape index (κ2) is 8.68. The zero-order chi connectivity index (χ0) is 10.8. The number of carbonyl (C=O) groups is 1. The van der Waals surface area contributed by atoms with E-state index >= 15 is 0 Å². The summed E-state index contributed by atoms with van der Waals surface area (Å²) in [7, 11) is 0. The van der Waals surface area contributed by atoms with Crippen molar-refractivity contribution >= 4 is 5.91 Å². The second-order valence-corrected chi connectivity index (χ2v) is 4.04. The van der Waals surface area contributed by atoms with E-state index in [-0.39, 0.29) is 5.91 Å². The molecule has 15 heavy (non-hydrogen) atoms. The van der Waals surface area contributed by atoms with Crippen LogP contribution in [0.5, 0.6) is 0 Å². The fourth-order valence-corrected chi connectivity index (χ4v) is 1.71. The molecule has 0 aliphatic carbocycles. The molecule has 88 valence electrons. The number of hydrogen-bond donors (Lipinski definition) is 3. The predicted octanol–water partition coefficient (Wildman–Crippen LogP) is 0.246. The fourth-order valence-electron chi connectivity index (χ4n) is 1.71. The summed E-state index contributed by atoms with van der Waals surface area (Å²) < 4.78 is 0. The first kappa shape index (κ1) is 12.5. The van der Waals surface area contributed by atoms with Crippen LogP contribution >= 0.6 is 0 Å². The van der Waals surface area contributed by atoms with E-state index < -0.39 is 0 Å². The average Bonchev–Trinajstić information content (AvgIpc) is 2.24. The van der Waals surface area contributed by atoms with Gasteiger partial charge in [0.25, 0.3) is 0 Å². The van der Waals surface area contributed by atoms with Crippen LogP contribution in [0.1, 0.15) is 32.1 Å². The first-order valence-electron chi connectivity index (χ1n) is 6.08. The standard InChI is InChI=1S/C11H23N3O/c15-11-10-13-7-5-3-1-2-4-6-12-8-9-14-11/h12-13H,1-10H2,(H,14,15). The van der Waals surface area contributed by atoms with E-state index in [0.29, 0.717) is 6.54 Å². The molecule has 0 unspecified atom stereocenters. The molecule has 1 heterocycles. The van der Waals surface area contributed by atoms with E-state index in [4.69, 9.17) is 0 Å². The average molecular weight is 213 g/mol. The lowest BCUT2D eigenvalue weighted by atomic mass is 10.1. The SMILES string of the molecule is O=C1CNCCCCCCCNCCN1. The molecule has 0 spiro atoms. The van der Waals surface area contributed by atoms with Crippen LogP contribution in [-0.2, 0) is 4.79 Å². The lowest BCUT2D eigenvalue weighted by molar-refractivity contribution is -0.120. The Morgan fingerprint density at radius 1 is 0.733 bits per heavy atom. The van der Waals surface area contributed by atoms with Crippen LogP contribution in [0.3, 0.4) is 0 Å². The Labute approximate surface area is 92.2 Å².